The number of aryl methyl sites for hydroxylation is 3. The van der Waals surface area contributed by atoms with Crippen LogP contribution in [0.3, 0.4) is 0 Å². The van der Waals surface area contributed by atoms with Crippen molar-refractivity contribution in [1.82, 2.24) is 15.5 Å². The summed E-state index contributed by atoms with van der Waals surface area (Å²) in [4.78, 5) is 5.60. The molecule has 0 atom stereocenters. The van der Waals surface area contributed by atoms with E-state index in [0.29, 0.717) is 0 Å². The molecule has 2 aromatic heterocycles. The summed E-state index contributed by atoms with van der Waals surface area (Å²) in [5, 5.41) is 8.52. The Morgan fingerprint density at radius 3 is 2.76 bits per heavy atom. The van der Waals surface area contributed by atoms with Crippen LogP contribution in [0.15, 0.2) is 10.7 Å². The Morgan fingerprint density at radius 1 is 1.35 bits per heavy atom. The second-order valence-electron chi connectivity index (χ2n) is 3.98. The van der Waals surface area contributed by atoms with E-state index < -0.39 is 0 Å². The van der Waals surface area contributed by atoms with Gasteiger partial charge < -0.3 is 9.84 Å². The van der Waals surface area contributed by atoms with E-state index in [0.717, 1.165) is 36.5 Å². The van der Waals surface area contributed by atoms with Gasteiger partial charge in [-0.2, -0.15) is 0 Å². The topological polar surface area (TPSA) is 51.0 Å². The fourth-order valence-electron chi connectivity index (χ4n) is 1.66. The second kappa shape index (κ2) is 5.42. The molecular formula is C12H17N3OS. The lowest BCUT2D eigenvalue weighted by molar-refractivity contribution is 0.392. The third-order valence-electron chi connectivity index (χ3n) is 2.69. The van der Waals surface area contributed by atoms with E-state index in [1.807, 2.05) is 20.0 Å². The number of hydrogen-bond acceptors (Lipinski definition) is 5. The molecule has 0 aliphatic carbocycles. The summed E-state index contributed by atoms with van der Waals surface area (Å²) in [6.45, 7) is 7.68. The van der Waals surface area contributed by atoms with Crippen LogP contribution < -0.4 is 5.32 Å². The molecule has 2 heterocycles. The second-order valence-corrected chi connectivity index (χ2v) is 5.18. The van der Waals surface area contributed by atoms with Crippen molar-refractivity contribution in [2.45, 2.75) is 40.3 Å². The van der Waals surface area contributed by atoms with Crippen molar-refractivity contribution in [2.24, 2.45) is 0 Å². The first kappa shape index (κ1) is 12.3. The summed E-state index contributed by atoms with van der Waals surface area (Å²) in [5.74, 6) is 0.897. The van der Waals surface area contributed by atoms with E-state index in [9.17, 15) is 0 Å². The van der Waals surface area contributed by atoms with Gasteiger partial charge in [0.2, 0.25) is 0 Å². The van der Waals surface area contributed by atoms with Crippen LogP contribution in [0, 0.1) is 13.8 Å². The minimum absolute atomic E-state index is 0.792. The Morgan fingerprint density at radius 2 is 2.18 bits per heavy atom. The maximum atomic E-state index is 5.12. The molecule has 0 spiro atoms. The molecule has 0 amide bonds. The van der Waals surface area contributed by atoms with E-state index in [2.05, 4.69) is 22.4 Å². The van der Waals surface area contributed by atoms with Crippen LogP contribution in [-0.4, -0.2) is 10.1 Å². The molecule has 4 nitrogen and oxygen atoms in total. The average molecular weight is 251 g/mol. The minimum atomic E-state index is 0.792. The molecule has 0 fully saturated rings. The van der Waals surface area contributed by atoms with Crippen LogP contribution in [0.1, 0.15) is 33.8 Å². The summed E-state index contributed by atoms with van der Waals surface area (Å²) in [7, 11) is 0. The zero-order valence-corrected chi connectivity index (χ0v) is 11.2. The van der Waals surface area contributed by atoms with Crippen molar-refractivity contribution in [3.8, 4) is 0 Å². The SMILES string of the molecule is CCc1ncc(CNCc2c(C)noc2C)s1. The zero-order valence-electron chi connectivity index (χ0n) is 10.4. The van der Waals surface area contributed by atoms with Gasteiger partial charge in [0.05, 0.1) is 10.7 Å². The van der Waals surface area contributed by atoms with Gasteiger partial charge >= 0.3 is 0 Å². The van der Waals surface area contributed by atoms with Crippen LogP contribution in [0.4, 0.5) is 0 Å². The van der Waals surface area contributed by atoms with Crippen LogP contribution in [0.25, 0.3) is 0 Å². The number of hydrogen-bond donors (Lipinski definition) is 1. The summed E-state index contributed by atoms with van der Waals surface area (Å²) in [6, 6.07) is 0. The van der Waals surface area contributed by atoms with Gasteiger partial charge in [0.25, 0.3) is 0 Å². The largest absolute Gasteiger partial charge is 0.361 e. The standard InChI is InChI=1S/C12H17N3OS/c1-4-12-14-6-10(17-12)5-13-7-11-8(2)15-16-9(11)3/h6,13H,4-5,7H2,1-3H3. The third kappa shape index (κ3) is 2.92. The van der Waals surface area contributed by atoms with Crippen molar-refractivity contribution in [3.05, 3.63) is 33.1 Å². The van der Waals surface area contributed by atoms with Crippen LogP contribution in [0.2, 0.25) is 0 Å². The number of aromatic nitrogens is 2. The predicted octanol–water partition coefficient (Wildman–Crippen LogP) is 2.60. The highest BCUT2D eigenvalue weighted by Crippen LogP contribution is 2.14. The molecule has 2 rings (SSSR count). The van der Waals surface area contributed by atoms with Gasteiger partial charge in [0, 0.05) is 29.7 Å². The Bertz CT molecular complexity index is 470. The van der Waals surface area contributed by atoms with Crippen molar-refractivity contribution >= 4 is 11.3 Å². The first-order chi connectivity index (χ1) is 8.20. The third-order valence-corrected chi connectivity index (χ3v) is 3.83. The summed E-state index contributed by atoms with van der Waals surface area (Å²) in [5.41, 5.74) is 2.12. The van der Waals surface area contributed by atoms with Crippen molar-refractivity contribution < 1.29 is 4.52 Å². The number of thiazole rings is 1. The van der Waals surface area contributed by atoms with Crippen molar-refractivity contribution in [2.75, 3.05) is 0 Å². The van der Waals surface area contributed by atoms with E-state index in [1.165, 1.54) is 9.88 Å². The highest BCUT2D eigenvalue weighted by atomic mass is 32.1. The van der Waals surface area contributed by atoms with Gasteiger partial charge in [0.15, 0.2) is 0 Å². The first-order valence-electron chi connectivity index (χ1n) is 5.76. The fraction of sp³-hybridized carbons (Fsp3) is 0.500. The lowest BCUT2D eigenvalue weighted by Crippen LogP contribution is -2.12. The van der Waals surface area contributed by atoms with Gasteiger partial charge in [0.1, 0.15) is 5.76 Å². The molecule has 0 aromatic carbocycles. The molecule has 92 valence electrons. The average Bonchev–Trinajstić information content (AvgIpc) is 2.90. The van der Waals surface area contributed by atoms with Crippen LogP contribution >= 0.6 is 11.3 Å². The fourth-order valence-corrected chi connectivity index (χ4v) is 2.49. The maximum absolute atomic E-state index is 5.12. The highest BCUT2D eigenvalue weighted by molar-refractivity contribution is 7.11. The van der Waals surface area contributed by atoms with E-state index in [4.69, 9.17) is 4.52 Å². The monoisotopic (exact) mass is 251 g/mol. The predicted molar refractivity (Wildman–Crippen MR) is 68.0 cm³/mol. The van der Waals surface area contributed by atoms with E-state index in [-0.39, 0.29) is 0 Å². The first-order valence-corrected chi connectivity index (χ1v) is 6.58. The molecule has 17 heavy (non-hydrogen) atoms. The zero-order chi connectivity index (χ0) is 12.3. The molecule has 1 N–H and O–H groups in total. The Kier molecular flexibility index (Phi) is 3.91. The Balaban J connectivity index is 1.87. The van der Waals surface area contributed by atoms with Gasteiger partial charge in [-0.15, -0.1) is 11.3 Å². The van der Waals surface area contributed by atoms with Gasteiger partial charge in [-0.3, -0.25) is 0 Å². The molecule has 0 bridgehead atoms. The lowest BCUT2D eigenvalue weighted by Gasteiger charge is -2.01. The lowest BCUT2D eigenvalue weighted by atomic mass is 10.2. The molecule has 0 aliphatic rings. The Labute approximate surface area is 105 Å². The minimum Gasteiger partial charge on any atom is -0.361 e. The van der Waals surface area contributed by atoms with Gasteiger partial charge in [-0.25, -0.2) is 4.98 Å². The number of rotatable bonds is 5. The smallest absolute Gasteiger partial charge is 0.138 e. The Hall–Kier alpha value is -1.20. The summed E-state index contributed by atoms with van der Waals surface area (Å²) < 4.78 is 5.12. The molecular weight excluding hydrogens is 234 g/mol. The summed E-state index contributed by atoms with van der Waals surface area (Å²) >= 11 is 1.77. The van der Waals surface area contributed by atoms with Crippen LogP contribution in [-0.2, 0) is 19.5 Å². The van der Waals surface area contributed by atoms with Crippen molar-refractivity contribution in [3.63, 3.8) is 0 Å². The molecule has 0 aliphatic heterocycles. The molecule has 0 saturated carbocycles. The van der Waals surface area contributed by atoms with Gasteiger partial charge in [-0.1, -0.05) is 12.1 Å². The molecule has 2 aromatic rings. The number of nitrogens with one attached hydrogen (secondary N) is 1. The normalized spacial score (nSPS) is 11.0. The van der Waals surface area contributed by atoms with Gasteiger partial charge in [-0.05, 0) is 20.3 Å². The molecule has 0 unspecified atom stereocenters. The quantitative estimate of drug-likeness (QED) is 0.887. The van der Waals surface area contributed by atoms with Crippen molar-refractivity contribution in [1.29, 1.82) is 0 Å². The highest BCUT2D eigenvalue weighted by Gasteiger charge is 2.08. The maximum Gasteiger partial charge on any atom is 0.138 e. The molecule has 0 radical (unpaired) electrons. The summed E-state index contributed by atoms with van der Waals surface area (Å²) in [6.07, 6.45) is 2.96. The number of nitrogens with zero attached hydrogens (tertiary/aromatic N) is 2. The van der Waals surface area contributed by atoms with E-state index in [1.54, 1.807) is 11.3 Å². The van der Waals surface area contributed by atoms with E-state index >= 15 is 0 Å². The molecule has 5 heteroatoms. The molecule has 0 saturated heterocycles. The van der Waals surface area contributed by atoms with Crippen LogP contribution in [0.5, 0.6) is 0 Å².